The minimum atomic E-state index is 0.0610. The van der Waals surface area contributed by atoms with Crippen LogP contribution in [-0.4, -0.2) is 17.3 Å². The molecule has 0 saturated carbocycles. The Hall–Kier alpha value is -4.03. The Kier molecular flexibility index (Phi) is 9.74. The van der Waals surface area contributed by atoms with Crippen molar-refractivity contribution in [3.63, 3.8) is 0 Å². The zero-order valence-corrected chi connectivity index (χ0v) is 19.0. The van der Waals surface area contributed by atoms with E-state index in [1.807, 2.05) is 24.3 Å². The van der Waals surface area contributed by atoms with Crippen molar-refractivity contribution in [1.29, 1.82) is 0 Å². The van der Waals surface area contributed by atoms with Crippen LogP contribution in [0.1, 0.15) is 11.1 Å². The number of ether oxygens (including phenoxy) is 1. The van der Waals surface area contributed by atoms with Gasteiger partial charge in [0.15, 0.2) is 0 Å². The third kappa shape index (κ3) is 9.33. The van der Waals surface area contributed by atoms with Gasteiger partial charge in [0.2, 0.25) is 0 Å². The average molecular weight is 466 g/mol. The molecule has 0 aliphatic heterocycles. The van der Waals surface area contributed by atoms with Crippen molar-refractivity contribution in [2.75, 3.05) is 24.3 Å². The standard InChI is InChI=1S/C14H15NO.C6H6ClNO.C6H7NO/c1-16-14-8-4-12(5-9-14)10-11-2-6-13(15)7-3-11;7-5-3-4(8)1-2-6(5)9;7-5-1-3-6(8)4-2-5/h2-9H,10,15H2,1H3;1-3,9H,8H2;1-4,8H,7H2. The summed E-state index contributed by atoms with van der Waals surface area (Å²) in [5.41, 5.74) is 20.8. The lowest BCUT2D eigenvalue weighted by molar-refractivity contribution is 0.414. The third-order valence-electron chi connectivity index (χ3n) is 4.41. The lowest BCUT2D eigenvalue weighted by Gasteiger charge is -2.04. The van der Waals surface area contributed by atoms with Crippen molar-refractivity contribution >= 4 is 28.7 Å². The minimum Gasteiger partial charge on any atom is -0.508 e. The first-order valence-corrected chi connectivity index (χ1v) is 10.4. The topological polar surface area (TPSA) is 128 Å². The second-order valence-electron chi connectivity index (χ2n) is 7.07. The maximum atomic E-state index is 8.86. The summed E-state index contributed by atoms with van der Waals surface area (Å²) >= 11 is 5.48. The molecule has 0 aliphatic carbocycles. The molecule has 0 aliphatic rings. The van der Waals surface area contributed by atoms with E-state index in [0.717, 1.165) is 17.9 Å². The molecule has 0 heterocycles. The van der Waals surface area contributed by atoms with E-state index >= 15 is 0 Å². The Balaban J connectivity index is 0.000000192. The van der Waals surface area contributed by atoms with Crippen LogP contribution in [0.15, 0.2) is 91.0 Å². The molecule has 8 N–H and O–H groups in total. The summed E-state index contributed by atoms with van der Waals surface area (Å²) in [6, 6.07) is 27.0. The maximum Gasteiger partial charge on any atom is 0.134 e. The first kappa shape index (κ1) is 25.2. The number of halogens is 1. The fourth-order valence-corrected chi connectivity index (χ4v) is 2.80. The molecule has 33 heavy (non-hydrogen) atoms. The molecule has 4 aromatic carbocycles. The molecular formula is C26H28ClN3O3. The van der Waals surface area contributed by atoms with E-state index < -0.39 is 0 Å². The number of nitrogens with two attached hydrogens (primary N) is 3. The molecule has 4 aromatic rings. The normalized spacial score (nSPS) is 9.64. The molecule has 0 bridgehead atoms. The van der Waals surface area contributed by atoms with Crippen LogP contribution >= 0.6 is 11.6 Å². The van der Waals surface area contributed by atoms with Crippen LogP contribution in [0.2, 0.25) is 5.02 Å². The molecule has 0 atom stereocenters. The molecule has 0 radical (unpaired) electrons. The summed E-state index contributed by atoms with van der Waals surface area (Å²) in [4.78, 5) is 0. The number of phenols is 2. The van der Waals surface area contributed by atoms with E-state index in [-0.39, 0.29) is 16.5 Å². The van der Waals surface area contributed by atoms with Crippen LogP contribution in [0.5, 0.6) is 17.2 Å². The summed E-state index contributed by atoms with van der Waals surface area (Å²) in [5.74, 6) is 1.20. The monoisotopic (exact) mass is 465 g/mol. The van der Waals surface area contributed by atoms with Gasteiger partial charge in [0.1, 0.15) is 17.2 Å². The van der Waals surface area contributed by atoms with E-state index in [9.17, 15) is 0 Å². The van der Waals surface area contributed by atoms with Gasteiger partial charge in [0.25, 0.3) is 0 Å². The van der Waals surface area contributed by atoms with Crippen molar-refractivity contribution in [3.8, 4) is 17.2 Å². The summed E-state index contributed by atoms with van der Waals surface area (Å²) in [6.45, 7) is 0. The zero-order chi connectivity index (χ0) is 24.2. The number of hydrogen-bond donors (Lipinski definition) is 5. The third-order valence-corrected chi connectivity index (χ3v) is 4.71. The quantitative estimate of drug-likeness (QED) is 0.201. The molecular weight excluding hydrogens is 438 g/mol. The lowest BCUT2D eigenvalue weighted by atomic mass is 10.0. The first-order valence-electron chi connectivity index (χ1n) is 10.0. The van der Waals surface area contributed by atoms with Crippen LogP contribution in [0.3, 0.4) is 0 Å². The molecule has 0 spiro atoms. The highest BCUT2D eigenvalue weighted by atomic mass is 35.5. The Morgan fingerprint density at radius 2 is 1.12 bits per heavy atom. The number of anilines is 3. The number of benzene rings is 4. The van der Waals surface area contributed by atoms with Crippen LogP contribution < -0.4 is 21.9 Å². The molecule has 172 valence electrons. The van der Waals surface area contributed by atoms with Crippen molar-refractivity contribution in [1.82, 2.24) is 0 Å². The van der Waals surface area contributed by atoms with E-state index in [0.29, 0.717) is 11.4 Å². The van der Waals surface area contributed by atoms with E-state index in [2.05, 4.69) is 24.3 Å². The highest BCUT2D eigenvalue weighted by molar-refractivity contribution is 6.32. The van der Waals surface area contributed by atoms with E-state index in [4.69, 9.17) is 43.8 Å². The Bertz CT molecular complexity index is 1100. The highest BCUT2D eigenvalue weighted by Crippen LogP contribution is 2.24. The van der Waals surface area contributed by atoms with E-state index in [1.54, 1.807) is 37.4 Å². The molecule has 0 saturated heterocycles. The zero-order valence-electron chi connectivity index (χ0n) is 18.3. The summed E-state index contributed by atoms with van der Waals surface area (Å²) in [6.07, 6.45) is 0.921. The number of aromatic hydroxyl groups is 2. The molecule has 0 fully saturated rings. The summed E-state index contributed by atoms with van der Waals surface area (Å²) < 4.78 is 5.12. The SMILES string of the molecule is COc1ccc(Cc2ccc(N)cc2)cc1.Nc1ccc(O)c(Cl)c1.Nc1ccc(O)cc1. The number of hydrogen-bond acceptors (Lipinski definition) is 6. The van der Waals surface area contributed by atoms with Crippen LogP contribution in [0.25, 0.3) is 0 Å². The largest absolute Gasteiger partial charge is 0.508 e. The van der Waals surface area contributed by atoms with Gasteiger partial charge in [-0.1, -0.05) is 35.9 Å². The van der Waals surface area contributed by atoms with Gasteiger partial charge in [-0.2, -0.15) is 0 Å². The van der Waals surface area contributed by atoms with Gasteiger partial charge in [0.05, 0.1) is 12.1 Å². The van der Waals surface area contributed by atoms with Crippen LogP contribution in [-0.2, 0) is 6.42 Å². The van der Waals surface area contributed by atoms with Gasteiger partial charge in [-0.15, -0.1) is 0 Å². The second-order valence-corrected chi connectivity index (χ2v) is 7.48. The maximum absolute atomic E-state index is 8.86. The van der Waals surface area contributed by atoms with Gasteiger partial charge in [-0.05, 0) is 84.3 Å². The molecule has 0 amide bonds. The van der Waals surface area contributed by atoms with Crippen molar-refractivity contribution in [2.24, 2.45) is 0 Å². The second kappa shape index (κ2) is 12.7. The molecule has 0 unspecified atom stereocenters. The van der Waals surface area contributed by atoms with E-state index in [1.165, 1.54) is 23.3 Å². The lowest BCUT2D eigenvalue weighted by Crippen LogP contribution is -1.90. The fourth-order valence-electron chi connectivity index (χ4n) is 2.61. The van der Waals surface area contributed by atoms with Crippen LogP contribution in [0, 0.1) is 0 Å². The average Bonchev–Trinajstić information content (AvgIpc) is 2.81. The van der Waals surface area contributed by atoms with Crippen molar-refractivity contribution in [3.05, 3.63) is 107 Å². The fraction of sp³-hybridized carbons (Fsp3) is 0.0769. The molecule has 4 rings (SSSR count). The number of phenolic OH excluding ortho intramolecular Hbond substituents is 2. The van der Waals surface area contributed by atoms with Crippen LogP contribution in [0.4, 0.5) is 17.1 Å². The molecule has 6 nitrogen and oxygen atoms in total. The Morgan fingerprint density at radius 3 is 1.55 bits per heavy atom. The van der Waals surface area contributed by atoms with Gasteiger partial charge >= 0.3 is 0 Å². The van der Waals surface area contributed by atoms with Crippen molar-refractivity contribution in [2.45, 2.75) is 6.42 Å². The molecule has 0 aromatic heterocycles. The predicted molar refractivity (Wildman–Crippen MR) is 137 cm³/mol. The summed E-state index contributed by atoms with van der Waals surface area (Å²) in [5, 5.41) is 17.8. The number of rotatable bonds is 3. The highest BCUT2D eigenvalue weighted by Gasteiger charge is 1.97. The Labute approximate surface area is 198 Å². The Morgan fingerprint density at radius 1 is 0.667 bits per heavy atom. The first-order chi connectivity index (χ1) is 15.8. The molecule has 7 heteroatoms. The van der Waals surface area contributed by atoms with Gasteiger partial charge in [-0.3, -0.25) is 0 Å². The number of nitrogen functional groups attached to an aromatic ring is 3. The smallest absolute Gasteiger partial charge is 0.134 e. The predicted octanol–water partition coefficient (Wildman–Crippen LogP) is 5.47. The number of methoxy groups -OCH3 is 1. The summed E-state index contributed by atoms with van der Waals surface area (Å²) in [7, 11) is 1.68. The van der Waals surface area contributed by atoms with Gasteiger partial charge in [-0.25, -0.2) is 0 Å². The van der Waals surface area contributed by atoms with Gasteiger partial charge < -0.3 is 32.2 Å². The van der Waals surface area contributed by atoms with Gasteiger partial charge in [0, 0.05) is 17.1 Å². The minimum absolute atomic E-state index is 0.0610. The van der Waals surface area contributed by atoms with Crippen molar-refractivity contribution < 1.29 is 14.9 Å².